The molecule has 0 unspecified atom stereocenters. The van der Waals surface area contributed by atoms with Crippen molar-refractivity contribution in [3.05, 3.63) is 70.3 Å². The van der Waals surface area contributed by atoms with Crippen molar-refractivity contribution in [2.75, 3.05) is 5.32 Å². The van der Waals surface area contributed by atoms with Gasteiger partial charge in [-0.3, -0.25) is 14.9 Å². The lowest BCUT2D eigenvalue weighted by Gasteiger charge is -2.04. The number of non-ortho nitro benzene ring substituents is 1. The molecule has 1 aliphatic carbocycles. The molecule has 2 atom stereocenters. The van der Waals surface area contributed by atoms with E-state index in [-0.39, 0.29) is 17.5 Å². The summed E-state index contributed by atoms with van der Waals surface area (Å²) >= 11 is 12.5. The van der Waals surface area contributed by atoms with Crippen LogP contribution in [0, 0.1) is 16.0 Å². The van der Waals surface area contributed by atoms with Gasteiger partial charge in [-0.2, -0.15) is 0 Å². The van der Waals surface area contributed by atoms with E-state index in [1.54, 1.807) is 0 Å². The number of hydrogen-bond donors (Lipinski definition) is 1. The number of carbonyl (C=O) groups excluding carboxylic acids is 1. The number of benzene rings is 2. The van der Waals surface area contributed by atoms with Crippen LogP contribution >= 0.6 is 23.2 Å². The highest BCUT2D eigenvalue weighted by Gasteiger charge is 2.67. The number of carbonyl (C=O) groups is 1. The Kier molecular flexibility index (Phi) is 4.00. The van der Waals surface area contributed by atoms with E-state index in [9.17, 15) is 14.9 Å². The topological polar surface area (TPSA) is 72.2 Å². The molecule has 7 heteroatoms. The van der Waals surface area contributed by atoms with Gasteiger partial charge in [0, 0.05) is 23.7 Å². The van der Waals surface area contributed by atoms with Gasteiger partial charge in [0.15, 0.2) is 0 Å². The van der Waals surface area contributed by atoms with Crippen LogP contribution in [0.3, 0.4) is 0 Å². The maximum atomic E-state index is 12.4. The third kappa shape index (κ3) is 3.02. The second-order valence-electron chi connectivity index (χ2n) is 5.33. The molecule has 0 heterocycles. The van der Waals surface area contributed by atoms with Crippen LogP contribution in [-0.4, -0.2) is 15.2 Å². The zero-order chi connectivity index (χ0) is 16.6. The number of nitro groups is 1. The molecule has 118 valence electrons. The molecule has 0 saturated heterocycles. The molecule has 2 aromatic carbocycles. The van der Waals surface area contributed by atoms with E-state index in [2.05, 4.69) is 5.32 Å². The van der Waals surface area contributed by atoms with E-state index >= 15 is 0 Å². The quantitative estimate of drug-likeness (QED) is 0.512. The summed E-state index contributed by atoms with van der Waals surface area (Å²) in [4.78, 5) is 22.5. The number of nitrogens with zero attached hydrogens (tertiary/aromatic N) is 1. The van der Waals surface area contributed by atoms with Crippen molar-refractivity contribution in [2.24, 2.45) is 5.92 Å². The predicted octanol–water partition coefficient (Wildman–Crippen LogP) is 4.12. The summed E-state index contributed by atoms with van der Waals surface area (Å²) in [7, 11) is 0. The fourth-order valence-electron chi connectivity index (χ4n) is 2.61. The molecule has 1 fully saturated rings. The van der Waals surface area contributed by atoms with E-state index < -0.39 is 15.2 Å². The molecule has 1 saturated carbocycles. The van der Waals surface area contributed by atoms with Crippen LogP contribution in [0.2, 0.25) is 0 Å². The third-order valence-corrected chi connectivity index (χ3v) is 4.78. The van der Waals surface area contributed by atoms with Crippen molar-refractivity contribution < 1.29 is 9.72 Å². The second-order valence-corrected chi connectivity index (χ2v) is 6.78. The Labute approximate surface area is 142 Å². The van der Waals surface area contributed by atoms with E-state index in [0.717, 1.165) is 5.56 Å². The molecule has 23 heavy (non-hydrogen) atoms. The van der Waals surface area contributed by atoms with E-state index in [1.165, 1.54) is 24.3 Å². The Morgan fingerprint density at radius 2 is 1.70 bits per heavy atom. The van der Waals surface area contributed by atoms with Gasteiger partial charge in [-0.15, -0.1) is 23.2 Å². The SMILES string of the molecule is O=C(Nc1ccc([N+](=O)[O-])cc1)[C@@H]1[C@H](c2ccccc2)C1(Cl)Cl. The molecule has 2 aromatic rings. The normalized spacial score (nSPS) is 21.5. The molecular weight excluding hydrogens is 339 g/mol. The van der Waals surface area contributed by atoms with Gasteiger partial charge in [-0.1, -0.05) is 30.3 Å². The highest BCUT2D eigenvalue weighted by molar-refractivity contribution is 6.53. The maximum Gasteiger partial charge on any atom is 0.269 e. The lowest BCUT2D eigenvalue weighted by Crippen LogP contribution is -2.17. The molecular formula is C16H12Cl2N2O3. The van der Waals surface area contributed by atoms with Crippen LogP contribution < -0.4 is 5.32 Å². The zero-order valence-electron chi connectivity index (χ0n) is 11.8. The Balaban J connectivity index is 1.72. The van der Waals surface area contributed by atoms with Gasteiger partial charge in [0.2, 0.25) is 5.91 Å². The molecule has 1 N–H and O–H groups in total. The molecule has 0 aromatic heterocycles. The van der Waals surface area contributed by atoms with Crippen molar-refractivity contribution in [3.63, 3.8) is 0 Å². The average molecular weight is 351 g/mol. The minimum Gasteiger partial charge on any atom is -0.326 e. The Hall–Kier alpha value is -2.11. The van der Waals surface area contributed by atoms with Crippen LogP contribution in [0.1, 0.15) is 11.5 Å². The first-order valence-electron chi connectivity index (χ1n) is 6.89. The molecule has 1 aliphatic rings. The van der Waals surface area contributed by atoms with Crippen molar-refractivity contribution in [2.45, 2.75) is 10.3 Å². The van der Waals surface area contributed by atoms with Gasteiger partial charge in [0.25, 0.3) is 5.69 Å². The fraction of sp³-hybridized carbons (Fsp3) is 0.188. The first-order chi connectivity index (χ1) is 10.9. The van der Waals surface area contributed by atoms with Crippen molar-refractivity contribution >= 4 is 40.5 Å². The number of anilines is 1. The number of amides is 1. The highest BCUT2D eigenvalue weighted by atomic mass is 35.5. The first-order valence-corrected chi connectivity index (χ1v) is 7.65. The lowest BCUT2D eigenvalue weighted by molar-refractivity contribution is -0.384. The molecule has 1 amide bonds. The third-order valence-electron chi connectivity index (χ3n) is 3.84. The van der Waals surface area contributed by atoms with Crippen molar-refractivity contribution in [3.8, 4) is 0 Å². The van der Waals surface area contributed by atoms with Crippen LogP contribution in [0.15, 0.2) is 54.6 Å². The highest BCUT2D eigenvalue weighted by Crippen LogP contribution is 2.65. The summed E-state index contributed by atoms with van der Waals surface area (Å²) in [6.07, 6.45) is 0. The van der Waals surface area contributed by atoms with E-state index in [1.807, 2.05) is 30.3 Å². The number of nitro benzene ring substituents is 1. The second kappa shape index (κ2) is 5.83. The van der Waals surface area contributed by atoms with E-state index in [4.69, 9.17) is 23.2 Å². The van der Waals surface area contributed by atoms with Crippen LogP contribution in [-0.2, 0) is 4.79 Å². The summed E-state index contributed by atoms with van der Waals surface area (Å²) < 4.78 is -1.15. The standard InChI is InChI=1S/C16H12Cl2N2O3/c17-16(18)13(10-4-2-1-3-5-10)14(16)15(21)19-11-6-8-12(9-7-11)20(22)23/h1-9,13-14H,(H,19,21)/t13-,14-/m0/s1. The molecule has 0 bridgehead atoms. The van der Waals surface area contributed by atoms with Gasteiger partial charge in [-0.25, -0.2) is 0 Å². The van der Waals surface area contributed by atoms with Gasteiger partial charge < -0.3 is 5.32 Å². The van der Waals surface area contributed by atoms with Gasteiger partial charge >= 0.3 is 0 Å². The Morgan fingerprint density at radius 3 is 2.26 bits per heavy atom. The summed E-state index contributed by atoms with van der Waals surface area (Å²) in [5.41, 5.74) is 1.32. The van der Waals surface area contributed by atoms with Gasteiger partial charge in [-0.05, 0) is 17.7 Å². The van der Waals surface area contributed by atoms with E-state index in [0.29, 0.717) is 5.69 Å². The molecule has 0 radical (unpaired) electrons. The van der Waals surface area contributed by atoms with Crippen molar-refractivity contribution in [1.82, 2.24) is 0 Å². The fourth-order valence-corrected chi connectivity index (χ4v) is 3.44. The summed E-state index contributed by atoms with van der Waals surface area (Å²) in [5, 5.41) is 13.3. The predicted molar refractivity (Wildman–Crippen MR) is 88.8 cm³/mol. The number of halogens is 2. The minimum absolute atomic E-state index is 0.0411. The largest absolute Gasteiger partial charge is 0.326 e. The zero-order valence-corrected chi connectivity index (χ0v) is 13.3. The van der Waals surface area contributed by atoms with Gasteiger partial charge in [0.1, 0.15) is 4.33 Å². The Bertz CT molecular complexity index is 748. The molecule has 3 rings (SSSR count). The number of nitrogens with one attached hydrogen (secondary N) is 1. The van der Waals surface area contributed by atoms with Crippen LogP contribution in [0.5, 0.6) is 0 Å². The lowest BCUT2D eigenvalue weighted by atomic mass is 10.1. The Morgan fingerprint density at radius 1 is 1.09 bits per heavy atom. The van der Waals surface area contributed by atoms with Crippen LogP contribution in [0.4, 0.5) is 11.4 Å². The summed E-state index contributed by atoms with van der Waals surface area (Å²) in [5.74, 6) is -1.15. The number of alkyl halides is 2. The van der Waals surface area contributed by atoms with Gasteiger partial charge in [0.05, 0.1) is 10.8 Å². The van der Waals surface area contributed by atoms with Crippen LogP contribution in [0.25, 0.3) is 0 Å². The summed E-state index contributed by atoms with van der Waals surface area (Å²) in [6, 6.07) is 15.0. The summed E-state index contributed by atoms with van der Waals surface area (Å²) in [6.45, 7) is 0. The molecule has 0 aliphatic heterocycles. The molecule has 5 nitrogen and oxygen atoms in total. The first kappa shape index (κ1) is 15.8. The molecule has 0 spiro atoms. The number of rotatable bonds is 4. The average Bonchev–Trinajstić information content (AvgIpc) is 3.11. The van der Waals surface area contributed by atoms with Crippen molar-refractivity contribution in [1.29, 1.82) is 0 Å². The smallest absolute Gasteiger partial charge is 0.269 e. The number of hydrogen-bond acceptors (Lipinski definition) is 3. The maximum absolute atomic E-state index is 12.4. The monoisotopic (exact) mass is 350 g/mol. The minimum atomic E-state index is -1.15.